The zero-order valence-corrected chi connectivity index (χ0v) is 14.4. The van der Waals surface area contributed by atoms with Crippen molar-refractivity contribution in [3.8, 4) is 16.9 Å². The molecule has 1 aliphatic heterocycles. The third kappa shape index (κ3) is 3.77. The molecule has 25 heavy (non-hydrogen) atoms. The molecule has 126 valence electrons. The Morgan fingerprint density at radius 2 is 1.44 bits per heavy atom. The van der Waals surface area contributed by atoms with Crippen LogP contribution in [0.4, 0.5) is 10.1 Å². The van der Waals surface area contributed by atoms with Crippen LogP contribution in [0.2, 0.25) is 0 Å². The summed E-state index contributed by atoms with van der Waals surface area (Å²) >= 11 is 0. The zero-order chi connectivity index (χ0) is 17.6. The molecule has 0 aliphatic carbocycles. The van der Waals surface area contributed by atoms with Crippen molar-refractivity contribution in [3.63, 3.8) is 0 Å². The maximum absolute atomic E-state index is 13.2. The number of hydrogen-bond donors (Lipinski definition) is 0. The topological polar surface area (TPSA) is 21.6 Å². The first-order valence-electron chi connectivity index (χ1n) is 8.45. The van der Waals surface area contributed by atoms with Gasteiger partial charge in [-0.25, -0.2) is 9.38 Å². The minimum atomic E-state index is -0.311. The number of aliphatic imine (C=N–C) groups is 1. The Hall–Kier alpha value is -2.94. The fourth-order valence-corrected chi connectivity index (χ4v) is 2.65. The summed E-state index contributed by atoms with van der Waals surface area (Å²) in [6.45, 7) is 4.35. The van der Waals surface area contributed by atoms with E-state index in [4.69, 9.17) is 4.74 Å². The van der Waals surface area contributed by atoms with Crippen molar-refractivity contribution in [2.45, 2.75) is 13.8 Å². The third-order valence-corrected chi connectivity index (χ3v) is 3.87. The maximum atomic E-state index is 13.2. The van der Waals surface area contributed by atoms with Crippen molar-refractivity contribution in [2.24, 2.45) is 4.99 Å². The SMILES string of the molecule is CC.Fc1ccc2c(c1)OCC(c1ccc(-c3ccccc3)cc1)=N2. The highest BCUT2D eigenvalue weighted by Crippen LogP contribution is 2.32. The van der Waals surface area contributed by atoms with Crippen LogP contribution < -0.4 is 4.74 Å². The first kappa shape index (κ1) is 16.9. The van der Waals surface area contributed by atoms with Gasteiger partial charge in [0, 0.05) is 6.07 Å². The summed E-state index contributed by atoms with van der Waals surface area (Å²) in [5, 5.41) is 0. The minimum Gasteiger partial charge on any atom is -0.485 e. The van der Waals surface area contributed by atoms with Gasteiger partial charge in [0.25, 0.3) is 0 Å². The van der Waals surface area contributed by atoms with Crippen molar-refractivity contribution >= 4 is 11.4 Å². The molecular formula is C22H20FNO. The molecule has 0 radical (unpaired) electrons. The normalized spacial score (nSPS) is 12.2. The van der Waals surface area contributed by atoms with E-state index in [0.29, 0.717) is 18.0 Å². The number of nitrogens with zero attached hydrogens (tertiary/aromatic N) is 1. The molecule has 3 aromatic carbocycles. The summed E-state index contributed by atoms with van der Waals surface area (Å²) in [6.07, 6.45) is 0. The van der Waals surface area contributed by atoms with Crippen LogP contribution in [0.15, 0.2) is 77.8 Å². The van der Waals surface area contributed by atoms with Gasteiger partial charge in [-0.1, -0.05) is 68.4 Å². The Balaban J connectivity index is 0.000000880. The van der Waals surface area contributed by atoms with E-state index in [1.165, 1.54) is 17.7 Å². The maximum Gasteiger partial charge on any atom is 0.148 e. The number of rotatable bonds is 2. The Morgan fingerprint density at radius 3 is 2.16 bits per heavy atom. The van der Waals surface area contributed by atoms with Gasteiger partial charge < -0.3 is 4.74 Å². The fraction of sp³-hybridized carbons (Fsp3) is 0.136. The van der Waals surface area contributed by atoms with Gasteiger partial charge in [-0.05, 0) is 28.8 Å². The Kier molecular flexibility index (Phi) is 5.24. The highest BCUT2D eigenvalue weighted by atomic mass is 19.1. The van der Waals surface area contributed by atoms with E-state index in [9.17, 15) is 4.39 Å². The molecule has 0 N–H and O–H groups in total. The summed E-state index contributed by atoms with van der Waals surface area (Å²) in [4.78, 5) is 4.58. The summed E-state index contributed by atoms with van der Waals surface area (Å²) in [5.41, 5.74) is 4.87. The van der Waals surface area contributed by atoms with E-state index in [-0.39, 0.29) is 5.82 Å². The molecule has 1 aliphatic rings. The van der Waals surface area contributed by atoms with Crippen molar-refractivity contribution < 1.29 is 9.13 Å². The quantitative estimate of drug-likeness (QED) is 0.561. The van der Waals surface area contributed by atoms with E-state index >= 15 is 0 Å². The Labute approximate surface area is 147 Å². The molecule has 0 saturated heterocycles. The van der Waals surface area contributed by atoms with Crippen molar-refractivity contribution in [2.75, 3.05) is 6.61 Å². The van der Waals surface area contributed by atoms with Crippen molar-refractivity contribution in [3.05, 3.63) is 84.2 Å². The molecular weight excluding hydrogens is 313 g/mol. The van der Waals surface area contributed by atoms with Gasteiger partial charge in [0.15, 0.2) is 0 Å². The highest BCUT2D eigenvalue weighted by molar-refractivity contribution is 6.04. The predicted molar refractivity (Wildman–Crippen MR) is 101 cm³/mol. The second kappa shape index (κ2) is 7.75. The monoisotopic (exact) mass is 333 g/mol. The molecule has 0 bridgehead atoms. The van der Waals surface area contributed by atoms with Crippen LogP contribution in [-0.4, -0.2) is 12.3 Å². The van der Waals surface area contributed by atoms with Gasteiger partial charge >= 0.3 is 0 Å². The molecule has 0 amide bonds. The lowest BCUT2D eigenvalue weighted by Gasteiger charge is -2.17. The van der Waals surface area contributed by atoms with E-state index in [2.05, 4.69) is 29.3 Å². The first-order valence-corrected chi connectivity index (χ1v) is 8.45. The van der Waals surface area contributed by atoms with E-state index in [1.807, 2.05) is 44.2 Å². The zero-order valence-electron chi connectivity index (χ0n) is 14.4. The van der Waals surface area contributed by atoms with Gasteiger partial charge in [-0.2, -0.15) is 0 Å². The summed E-state index contributed by atoms with van der Waals surface area (Å²) in [5.74, 6) is 0.185. The van der Waals surface area contributed by atoms with Crippen LogP contribution in [0.5, 0.6) is 5.75 Å². The molecule has 3 heteroatoms. The number of hydrogen-bond acceptors (Lipinski definition) is 2. The lowest BCUT2D eigenvalue weighted by Crippen LogP contribution is -2.16. The Morgan fingerprint density at radius 1 is 0.800 bits per heavy atom. The molecule has 0 aromatic heterocycles. The van der Waals surface area contributed by atoms with Crippen LogP contribution >= 0.6 is 0 Å². The molecule has 0 atom stereocenters. The van der Waals surface area contributed by atoms with E-state index in [0.717, 1.165) is 16.8 Å². The molecule has 2 nitrogen and oxygen atoms in total. The van der Waals surface area contributed by atoms with E-state index < -0.39 is 0 Å². The standard InChI is InChI=1S/C20H14FNO.C2H6/c21-17-10-11-18-20(12-17)23-13-19(22-18)16-8-6-15(7-9-16)14-4-2-1-3-5-14;1-2/h1-12H,13H2;1-2H3. The minimum absolute atomic E-state index is 0.311. The largest absolute Gasteiger partial charge is 0.485 e. The average molecular weight is 333 g/mol. The van der Waals surface area contributed by atoms with Gasteiger partial charge in [0.1, 0.15) is 23.9 Å². The molecule has 1 heterocycles. The lowest BCUT2D eigenvalue weighted by atomic mass is 10.0. The van der Waals surface area contributed by atoms with E-state index in [1.54, 1.807) is 6.07 Å². The van der Waals surface area contributed by atoms with Crippen LogP contribution in [0.1, 0.15) is 19.4 Å². The average Bonchev–Trinajstić information content (AvgIpc) is 2.70. The summed E-state index contributed by atoms with van der Waals surface area (Å²) in [6, 6.07) is 22.9. The fourth-order valence-electron chi connectivity index (χ4n) is 2.65. The summed E-state index contributed by atoms with van der Waals surface area (Å²) < 4.78 is 18.8. The van der Waals surface area contributed by atoms with Crippen LogP contribution in [0, 0.1) is 5.82 Å². The number of benzene rings is 3. The molecule has 0 unspecified atom stereocenters. The van der Waals surface area contributed by atoms with Crippen molar-refractivity contribution in [1.82, 2.24) is 0 Å². The summed E-state index contributed by atoms with van der Waals surface area (Å²) in [7, 11) is 0. The molecule has 0 fully saturated rings. The second-order valence-electron chi connectivity index (χ2n) is 5.40. The first-order chi connectivity index (χ1) is 12.3. The number of ether oxygens (including phenoxy) is 1. The van der Waals surface area contributed by atoms with Crippen LogP contribution in [0.25, 0.3) is 11.1 Å². The predicted octanol–water partition coefficient (Wildman–Crippen LogP) is 6.03. The molecule has 3 aromatic rings. The smallest absolute Gasteiger partial charge is 0.148 e. The van der Waals surface area contributed by atoms with Crippen molar-refractivity contribution in [1.29, 1.82) is 0 Å². The second-order valence-corrected chi connectivity index (χ2v) is 5.40. The molecule has 0 saturated carbocycles. The third-order valence-electron chi connectivity index (χ3n) is 3.87. The number of halogens is 1. The van der Waals surface area contributed by atoms with Gasteiger partial charge in [0.2, 0.25) is 0 Å². The van der Waals surface area contributed by atoms with Crippen LogP contribution in [-0.2, 0) is 0 Å². The molecule has 0 spiro atoms. The van der Waals surface area contributed by atoms with Gasteiger partial charge in [-0.3, -0.25) is 0 Å². The number of fused-ring (bicyclic) bond motifs is 1. The Bertz CT molecular complexity index is 870. The molecule has 4 rings (SSSR count). The van der Waals surface area contributed by atoms with Crippen LogP contribution in [0.3, 0.4) is 0 Å². The lowest BCUT2D eigenvalue weighted by molar-refractivity contribution is 0.370. The van der Waals surface area contributed by atoms with Gasteiger partial charge in [-0.15, -0.1) is 0 Å². The highest BCUT2D eigenvalue weighted by Gasteiger charge is 2.15. The van der Waals surface area contributed by atoms with Gasteiger partial charge in [0.05, 0.1) is 5.71 Å².